The second-order valence-electron chi connectivity index (χ2n) is 1.49. The first-order valence-electron chi connectivity index (χ1n) is 2.62. The number of hydrogen-bond acceptors (Lipinski definition) is 3. The zero-order chi connectivity index (χ0) is 7.28. The molecule has 0 aromatic carbocycles. The summed E-state index contributed by atoms with van der Waals surface area (Å²) < 4.78 is 8.90. The highest BCUT2D eigenvalue weighted by Gasteiger charge is 2.19. The molecule has 0 radical (unpaired) electrons. The van der Waals surface area contributed by atoms with E-state index < -0.39 is 6.16 Å². The Morgan fingerprint density at radius 3 is 2.33 bits per heavy atom. The summed E-state index contributed by atoms with van der Waals surface area (Å²) in [5, 5.41) is 0. The second kappa shape index (κ2) is 3.95. The Bertz CT molecular complexity index is 100. The molecule has 0 aromatic rings. The molecule has 1 aliphatic heterocycles. The number of cyclic esters (lactones) is 2. The van der Waals surface area contributed by atoms with Crippen molar-refractivity contribution < 1.29 is 14.3 Å². The van der Waals surface area contributed by atoms with Crippen molar-refractivity contribution in [2.45, 2.75) is 13.0 Å². The van der Waals surface area contributed by atoms with Crippen LogP contribution in [0.2, 0.25) is 0 Å². The van der Waals surface area contributed by atoms with Crippen molar-refractivity contribution in [3.05, 3.63) is 13.2 Å². The topological polar surface area (TPSA) is 35.5 Å². The standard InChI is InChI=1S/C4H6O3.C2H4/c1-3-2-6-4(5)7-3;1-2/h3H,2H2,1H3;1-2H2. The van der Waals surface area contributed by atoms with Gasteiger partial charge in [-0.15, -0.1) is 13.2 Å². The van der Waals surface area contributed by atoms with E-state index in [0.29, 0.717) is 6.61 Å². The predicted molar refractivity (Wildman–Crippen MR) is 33.1 cm³/mol. The lowest BCUT2D eigenvalue weighted by Gasteiger charge is -1.90. The fourth-order valence-electron chi connectivity index (χ4n) is 0.418. The minimum atomic E-state index is -0.549. The van der Waals surface area contributed by atoms with E-state index in [1.807, 2.05) is 0 Å². The third-order valence-electron chi connectivity index (χ3n) is 0.733. The van der Waals surface area contributed by atoms with E-state index in [2.05, 4.69) is 22.6 Å². The normalized spacial score (nSPS) is 23.2. The van der Waals surface area contributed by atoms with E-state index in [4.69, 9.17) is 0 Å². The molecule has 1 heterocycles. The van der Waals surface area contributed by atoms with Crippen LogP contribution in [0.5, 0.6) is 0 Å². The molecular formula is C6H10O3. The highest BCUT2D eigenvalue weighted by atomic mass is 16.8. The smallest absolute Gasteiger partial charge is 0.430 e. The van der Waals surface area contributed by atoms with Gasteiger partial charge in [-0.1, -0.05) is 0 Å². The van der Waals surface area contributed by atoms with Crippen LogP contribution in [-0.4, -0.2) is 18.9 Å². The van der Waals surface area contributed by atoms with Gasteiger partial charge in [0.1, 0.15) is 12.7 Å². The van der Waals surface area contributed by atoms with Crippen molar-refractivity contribution in [2.24, 2.45) is 0 Å². The Labute approximate surface area is 54.3 Å². The number of hydrogen-bond donors (Lipinski definition) is 0. The summed E-state index contributed by atoms with van der Waals surface area (Å²) in [7, 11) is 0. The SMILES string of the molecule is C=C.CC1COC(=O)O1. The molecule has 0 aromatic heterocycles. The van der Waals surface area contributed by atoms with Crippen LogP contribution in [0.3, 0.4) is 0 Å². The van der Waals surface area contributed by atoms with Crippen molar-refractivity contribution in [3.63, 3.8) is 0 Å². The summed E-state index contributed by atoms with van der Waals surface area (Å²) in [4.78, 5) is 10.0. The summed E-state index contributed by atoms with van der Waals surface area (Å²) in [6, 6.07) is 0. The molecule has 1 aliphatic rings. The Balaban J connectivity index is 0.000000291. The van der Waals surface area contributed by atoms with Crippen LogP contribution in [0.15, 0.2) is 13.2 Å². The number of carbonyl (C=O) groups excluding carboxylic acids is 1. The van der Waals surface area contributed by atoms with Crippen LogP contribution >= 0.6 is 0 Å². The number of carbonyl (C=O) groups is 1. The van der Waals surface area contributed by atoms with Crippen molar-refractivity contribution in [1.29, 1.82) is 0 Å². The van der Waals surface area contributed by atoms with Gasteiger partial charge in [-0.2, -0.15) is 0 Å². The average Bonchev–Trinajstić information content (AvgIpc) is 2.20. The molecule has 0 bridgehead atoms. The third kappa shape index (κ3) is 2.74. The van der Waals surface area contributed by atoms with Crippen LogP contribution in [0.25, 0.3) is 0 Å². The van der Waals surface area contributed by atoms with E-state index in [9.17, 15) is 4.79 Å². The maximum atomic E-state index is 10.0. The Kier molecular flexibility index (Phi) is 3.51. The predicted octanol–water partition coefficient (Wildman–Crippen LogP) is 1.34. The fraction of sp³-hybridized carbons (Fsp3) is 0.500. The summed E-state index contributed by atoms with van der Waals surface area (Å²) in [5.74, 6) is 0. The van der Waals surface area contributed by atoms with Crippen LogP contribution in [0.4, 0.5) is 4.79 Å². The number of rotatable bonds is 0. The van der Waals surface area contributed by atoms with E-state index in [-0.39, 0.29) is 6.10 Å². The third-order valence-corrected chi connectivity index (χ3v) is 0.733. The average molecular weight is 130 g/mol. The van der Waals surface area contributed by atoms with Gasteiger partial charge in [-0.3, -0.25) is 0 Å². The molecule has 0 amide bonds. The monoisotopic (exact) mass is 130 g/mol. The molecule has 9 heavy (non-hydrogen) atoms. The minimum Gasteiger partial charge on any atom is -0.430 e. The lowest BCUT2D eigenvalue weighted by atomic mass is 10.5. The zero-order valence-corrected chi connectivity index (χ0v) is 5.42. The molecule has 1 atom stereocenters. The molecule has 1 rings (SSSR count). The maximum absolute atomic E-state index is 10.0. The molecular weight excluding hydrogens is 120 g/mol. The lowest BCUT2D eigenvalue weighted by molar-refractivity contribution is 0.121. The largest absolute Gasteiger partial charge is 0.508 e. The first-order valence-corrected chi connectivity index (χ1v) is 2.62. The molecule has 1 fully saturated rings. The molecule has 52 valence electrons. The highest BCUT2D eigenvalue weighted by molar-refractivity contribution is 5.61. The summed E-state index contributed by atoms with van der Waals surface area (Å²) in [6.45, 7) is 8.18. The molecule has 0 N–H and O–H groups in total. The molecule has 3 nitrogen and oxygen atoms in total. The maximum Gasteiger partial charge on any atom is 0.508 e. The van der Waals surface area contributed by atoms with E-state index in [1.54, 1.807) is 6.92 Å². The second-order valence-corrected chi connectivity index (χ2v) is 1.49. The molecule has 1 saturated heterocycles. The molecule has 0 saturated carbocycles. The minimum absolute atomic E-state index is 0.0486. The number of ether oxygens (including phenoxy) is 2. The summed E-state index contributed by atoms with van der Waals surface area (Å²) in [6.07, 6.45) is -0.597. The summed E-state index contributed by atoms with van der Waals surface area (Å²) >= 11 is 0. The molecule has 0 spiro atoms. The van der Waals surface area contributed by atoms with Crippen molar-refractivity contribution in [1.82, 2.24) is 0 Å². The van der Waals surface area contributed by atoms with Crippen molar-refractivity contribution in [3.8, 4) is 0 Å². The lowest BCUT2D eigenvalue weighted by Crippen LogP contribution is -2.01. The van der Waals surface area contributed by atoms with Gasteiger partial charge < -0.3 is 9.47 Å². The van der Waals surface area contributed by atoms with Crippen LogP contribution in [0, 0.1) is 0 Å². The van der Waals surface area contributed by atoms with Crippen LogP contribution in [0.1, 0.15) is 6.92 Å². The van der Waals surface area contributed by atoms with Gasteiger partial charge in [0, 0.05) is 0 Å². The Morgan fingerprint density at radius 1 is 1.67 bits per heavy atom. The van der Waals surface area contributed by atoms with Crippen molar-refractivity contribution in [2.75, 3.05) is 6.61 Å². The van der Waals surface area contributed by atoms with Crippen LogP contribution in [-0.2, 0) is 9.47 Å². The highest BCUT2D eigenvalue weighted by Crippen LogP contribution is 2.02. The molecule has 3 heteroatoms. The fourth-order valence-corrected chi connectivity index (χ4v) is 0.418. The molecule has 1 unspecified atom stereocenters. The first kappa shape index (κ1) is 8.01. The van der Waals surface area contributed by atoms with Gasteiger partial charge in [-0.05, 0) is 6.92 Å². The van der Waals surface area contributed by atoms with E-state index in [1.165, 1.54) is 0 Å². The van der Waals surface area contributed by atoms with Gasteiger partial charge >= 0.3 is 6.16 Å². The summed E-state index contributed by atoms with van der Waals surface area (Å²) in [5.41, 5.74) is 0. The van der Waals surface area contributed by atoms with Gasteiger partial charge in [-0.25, -0.2) is 4.79 Å². The van der Waals surface area contributed by atoms with Gasteiger partial charge in [0.2, 0.25) is 0 Å². The van der Waals surface area contributed by atoms with Gasteiger partial charge in [0.25, 0.3) is 0 Å². The van der Waals surface area contributed by atoms with E-state index in [0.717, 1.165) is 0 Å². The Morgan fingerprint density at radius 2 is 2.22 bits per heavy atom. The van der Waals surface area contributed by atoms with Gasteiger partial charge in [0.05, 0.1) is 0 Å². The van der Waals surface area contributed by atoms with E-state index >= 15 is 0 Å². The first-order chi connectivity index (χ1) is 4.29. The van der Waals surface area contributed by atoms with Crippen LogP contribution < -0.4 is 0 Å². The quantitative estimate of drug-likeness (QED) is 0.366. The molecule has 0 aliphatic carbocycles. The van der Waals surface area contributed by atoms with Crippen molar-refractivity contribution >= 4 is 6.16 Å². The Hall–Kier alpha value is -0.990. The zero-order valence-electron chi connectivity index (χ0n) is 5.42. The van der Waals surface area contributed by atoms with Gasteiger partial charge in [0.15, 0.2) is 0 Å².